The van der Waals surface area contributed by atoms with Crippen LogP contribution in [0, 0.1) is 11.7 Å². The van der Waals surface area contributed by atoms with Crippen molar-refractivity contribution in [2.24, 2.45) is 5.92 Å². The number of benzene rings is 2. The Morgan fingerprint density at radius 3 is 2.14 bits per heavy atom. The molecule has 2 aromatic carbocycles. The quantitative estimate of drug-likeness (QED) is 0.591. The van der Waals surface area contributed by atoms with Crippen molar-refractivity contribution < 1.29 is 35.9 Å². The number of carbonyl (C=O) groups is 1. The summed E-state index contributed by atoms with van der Waals surface area (Å²) in [5.41, 5.74) is -0.185. The average molecular weight is 515 g/mol. The second-order valence-electron chi connectivity index (χ2n) is 9.14. The summed E-state index contributed by atoms with van der Waals surface area (Å²) in [6.45, 7) is 0.182. The van der Waals surface area contributed by atoms with E-state index in [1.54, 1.807) is 17.0 Å². The van der Waals surface area contributed by atoms with Gasteiger partial charge in [0.1, 0.15) is 5.82 Å². The van der Waals surface area contributed by atoms with Gasteiger partial charge >= 0.3 is 6.18 Å². The normalized spacial score (nSPS) is 25.6. The number of β-amino-alcohol motifs (C(OH)–C–C–N with tert-alkyl or cyclic N) is 1. The Bertz CT molecular complexity index is 1150. The molecule has 1 amide bonds. The number of halogens is 4. The zero-order chi connectivity index (χ0) is 25.4. The summed E-state index contributed by atoms with van der Waals surface area (Å²) >= 11 is 0. The number of carbonyl (C=O) groups excluding carboxylic acids is 1. The van der Waals surface area contributed by atoms with E-state index in [0.29, 0.717) is 32.1 Å². The second-order valence-corrected chi connectivity index (χ2v) is 10.9. The van der Waals surface area contributed by atoms with Gasteiger partial charge in [0, 0.05) is 18.5 Å². The van der Waals surface area contributed by atoms with Gasteiger partial charge in [-0.2, -0.15) is 13.2 Å². The molecule has 4 rings (SSSR count). The number of alkyl halides is 3. The molecule has 2 atom stereocenters. The number of rotatable bonds is 5. The smallest absolute Gasteiger partial charge is 0.391 e. The van der Waals surface area contributed by atoms with E-state index < -0.39 is 33.9 Å². The van der Waals surface area contributed by atoms with Crippen LogP contribution < -0.4 is 4.72 Å². The van der Waals surface area contributed by atoms with Gasteiger partial charge in [0.15, 0.2) is 0 Å². The van der Waals surface area contributed by atoms with Gasteiger partial charge in [-0.15, -0.1) is 0 Å². The Morgan fingerprint density at radius 1 is 0.971 bits per heavy atom. The summed E-state index contributed by atoms with van der Waals surface area (Å²) in [5.74, 6) is -0.850. The highest BCUT2D eigenvalue weighted by molar-refractivity contribution is 7.89. The lowest BCUT2D eigenvalue weighted by Gasteiger charge is -2.33. The van der Waals surface area contributed by atoms with Crippen LogP contribution in [0.2, 0.25) is 0 Å². The minimum atomic E-state index is -4.55. The zero-order valence-corrected chi connectivity index (χ0v) is 19.5. The first-order valence-corrected chi connectivity index (χ1v) is 12.9. The number of hydrogen-bond acceptors (Lipinski definition) is 4. The standard InChI is InChI=1S/C24H26F4N2O4S/c25-18-7-1-15(2-8-18)22-13-20(31)14-30(22)23(32)16-3-9-19(10-4-16)29-35(33,34)21-11-5-17(6-12-21)24(26,27)28/h1-2,5-8,11-12,16,19-20,22,29,31H,3-4,9-10,13-14H2/t16-,19-,20?,22-/m1/s1. The lowest BCUT2D eigenvalue weighted by Crippen LogP contribution is -2.42. The molecule has 11 heteroatoms. The van der Waals surface area contributed by atoms with E-state index in [9.17, 15) is 35.9 Å². The third kappa shape index (κ3) is 5.84. The maximum atomic E-state index is 13.3. The molecule has 0 aromatic heterocycles. The Labute approximate surface area is 201 Å². The number of nitrogens with one attached hydrogen (secondary N) is 1. The topological polar surface area (TPSA) is 86.7 Å². The van der Waals surface area contributed by atoms with Crippen LogP contribution in [0.3, 0.4) is 0 Å². The van der Waals surface area contributed by atoms with Gasteiger partial charge < -0.3 is 10.0 Å². The van der Waals surface area contributed by atoms with E-state index in [4.69, 9.17) is 0 Å². The molecule has 2 aliphatic rings. The van der Waals surface area contributed by atoms with E-state index in [1.165, 1.54) is 12.1 Å². The fraction of sp³-hybridized carbons (Fsp3) is 0.458. The first kappa shape index (κ1) is 25.6. The molecular formula is C24H26F4N2O4S. The van der Waals surface area contributed by atoms with Crippen LogP contribution in [-0.2, 0) is 21.0 Å². The predicted octanol–water partition coefficient (Wildman–Crippen LogP) is 4.02. The molecule has 1 unspecified atom stereocenters. The molecule has 2 fully saturated rings. The van der Waals surface area contributed by atoms with E-state index in [-0.39, 0.29) is 35.1 Å². The van der Waals surface area contributed by atoms with E-state index in [1.807, 2.05) is 0 Å². The van der Waals surface area contributed by atoms with Crippen LogP contribution in [0.25, 0.3) is 0 Å². The molecule has 1 saturated carbocycles. The van der Waals surface area contributed by atoms with Crippen LogP contribution >= 0.6 is 0 Å². The number of likely N-dealkylation sites (tertiary alicyclic amines) is 1. The van der Waals surface area contributed by atoms with Crippen molar-refractivity contribution in [1.29, 1.82) is 0 Å². The molecular weight excluding hydrogens is 488 g/mol. The number of aliphatic hydroxyl groups is 1. The monoisotopic (exact) mass is 514 g/mol. The molecule has 2 N–H and O–H groups in total. The maximum absolute atomic E-state index is 13.3. The molecule has 1 heterocycles. The Kier molecular flexibility index (Phi) is 7.21. The van der Waals surface area contributed by atoms with Crippen molar-refractivity contribution in [3.05, 3.63) is 65.5 Å². The summed E-state index contributed by atoms with van der Waals surface area (Å²) in [6, 6.07) is 8.35. The van der Waals surface area contributed by atoms with Crippen molar-refractivity contribution in [3.63, 3.8) is 0 Å². The molecule has 2 aromatic rings. The Balaban J connectivity index is 1.36. The summed E-state index contributed by atoms with van der Waals surface area (Å²) in [5, 5.41) is 10.2. The van der Waals surface area contributed by atoms with Crippen molar-refractivity contribution in [1.82, 2.24) is 9.62 Å². The number of aliphatic hydroxyl groups excluding tert-OH is 1. The molecule has 0 bridgehead atoms. The predicted molar refractivity (Wildman–Crippen MR) is 119 cm³/mol. The van der Waals surface area contributed by atoms with Gasteiger partial charge in [-0.25, -0.2) is 17.5 Å². The number of amides is 1. The van der Waals surface area contributed by atoms with Crippen LogP contribution in [0.1, 0.15) is 49.3 Å². The minimum Gasteiger partial charge on any atom is -0.391 e. The largest absolute Gasteiger partial charge is 0.416 e. The van der Waals surface area contributed by atoms with E-state index in [2.05, 4.69) is 4.72 Å². The molecule has 1 aliphatic heterocycles. The van der Waals surface area contributed by atoms with Gasteiger partial charge in [0.05, 0.1) is 22.6 Å². The summed E-state index contributed by atoms with van der Waals surface area (Å²) < 4.78 is 79.3. The van der Waals surface area contributed by atoms with E-state index in [0.717, 1.165) is 29.8 Å². The van der Waals surface area contributed by atoms with Gasteiger partial charge in [-0.3, -0.25) is 4.79 Å². The number of hydrogen-bond donors (Lipinski definition) is 2. The van der Waals surface area contributed by atoms with Gasteiger partial charge in [0.2, 0.25) is 15.9 Å². The molecule has 190 valence electrons. The van der Waals surface area contributed by atoms with Crippen LogP contribution in [0.15, 0.2) is 53.4 Å². The van der Waals surface area contributed by atoms with E-state index >= 15 is 0 Å². The first-order chi connectivity index (χ1) is 16.4. The number of nitrogens with zero attached hydrogens (tertiary/aromatic N) is 1. The van der Waals surface area contributed by atoms with Crippen LogP contribution in [-0.4, -0.2) is 43.0 Å². The molecule has 1 saturated heterocycles. The van der Waals surface area contributed by atoms with Crippen molar-refractivity contribution >= 4 is 15.9 Å². The number of sulfonamides is 1. The molecule has 6 nitrogen and oxygen atoms in total. The highest BCUT2D eigenvalue weighted by atomic mass is 32.2. The Morgan fingerprint density at radius 2 is 1.57 bits per heavy atom. The summed E-state index contributed by atoms with van der Waals surface area (Å²) in [6.07, 6.45) is -3.21. The molecule has 0 radical (unpaired) electrons. The van der Waals surface area contributed by atoms with Crippen molar-refractivity contribution in [2.75, 3.05) is 6.54 Å². The fourth-order valence-electron chi connectivity index (χ4n) is 4.86. The second kappa shape index (κ2) is 9.87. The summed E-state index contributed by atoms with van der Waals surface area (Å²) in [4.78, 5) is 14.6. The molecule has 35 heavy (non-hydrogen) atoms. The lowest BCUT2D eigenvalue weighted by molar-refractivity contribution is -0.138. The molecule has 1 aliphatic carbocycles. The first-order valence-electron chi connectivity index (χ1n) is 11.4. The third-order valence-electron chi connectivity index (χ3n) is 6.71. The highest BCUT2D eigenvalue weighted by Gasteiger charge is 2.39. The fourth-order valence-corrected chi connectivity index (χ4v) is 6.17. The highest BCUT2D eigenvalue weighted by Crippen LogP contribution is 2.36. The Hall–Kier alpha value is -2.50. The average Bonchev–Trinajstić information content (AvgIpc) is 3.20. The van der Waals surface area contributed by atoms with Crippen molar-refractivity contribution in [3.8, 4) is 0 Å². The zero-order valence-electron chi connectivity index (χ0n) is 18.7. The van der Waals surface area contributed by atoms with Crippen molar-refractivity contribution in [2.45, 2.75) is 61.4 Å². The minimum absolute atomic E-state index is 0.125. The SMILES string of the molecule is O=C([C@H]1CC[C@H](NS(=O)(=O)c2ccc(C(F)(F)F)cc2)CC1)N1CC(O)C[C@@H]1c1ccc(F)cc1. The maximum Gasteiger partial charge on any atom is 0.416 e. The van der Waals surface area contributed by atoms with Crippen LogP contribution in [0.4, 0.5) is 17.6 Å². The van der Waals surface area contributed by atoms with Gasteiger partial charge in [-0.1, -0.05) is 12.1 Å². The van der Waals surface area contributed by atoms with Crippen LogP contribution in [0.5, 0.6) is 0 Å². The third-order valence-corrected chi connectivity index (χ3v) is 8.24. The van der Waals surface area contributed by atoms with Gasteiger partial charge in [-0.05, 0) is 74.1 Å². The lowest BCUT2D eigenvalue weighted by atomic mass is 9.85. The van der Waals surface area contributed by atoms with Gasteiger partial charge in [0.25, 0.3) is 0 Å². The summed E-state index contributed by atoms with van der Waals surface area (Å²) in [7, 11) is -4.01. The molecule has 0 spiro atoms.